The van der Waals surface area contributed by atoms with Crippen molar-refractivity contribution >= 4 is 52.5 Å². The standard InChI is InChI=1S/C24H21ClF3N3O2S2/c1-23(2)21(20(33)12-32)31(18-7-9-19(10-8-18)35-24(26,27)28)14-30(23)11-17-13-34-22(29-17)15-3-5-16(25)6-4-15/h3-10,12-13,21H,11,14H2,1-2H3. The van der Waals surface area contributed by atoms with Crippen LogP contribution in [0.25, 0.3) is 10.6 Å². The SMILES string of the molecule is CC1(C)C(C(=O)C=O)N(c2ccc(SC(F)(F)F)cc2)CN1Cc1csc(-c2ccc(Cl)cc2)n1. The fourth-order valence-corrected chi connectivity index (χ4v) is 5.67. The van der Waals surface area contributed by atoms with Gasteiger partial charge >= 0.3 is 5.51 Å². The molecule has 3 aromatic rings. The number of hydrogen-bond donors (Lipinski definition) is 0. The third kappa shape index (κ3) is 5.72. The number of rotatable bonds is 7. The highest BCUT2D eigenvalue weighted by atomic mass is 35.5. The fourth-order valence-electron chi connectivity index (χ4n) is 4.19. The fraction of sp³-hybridized carbons (Fsp3) is 0.292. The Morgan fingerprint density at radius 1 is 1.20 bits per heavy atom. The zero-order valence-corrected chi connectivity index (χ0v) is 21.1. The van der Waals surface area contributed by atoms with Crippen LogP contribution in [0.2, 0.25) is 5.02 Å². The minimum atomic E-state index is -4.39. The van der Waals surface area contributed by atoms with Gasteiger partial charge in [-0.25, -0.2) is 4.98 Å². The number of alkyl halides is 3. The Balaban J connectivity index is 1.58. The van der Waals surface area contributed by atoms with Crippen LogP contribution in [-0.4, -0.2) is 45.7 Å². The van der Waals surface area contributed by atoms with Gasteiger partial charge in [-0.1, -0.05) is 23.7 Å². The van der Waals surface area contributed by atoms with Gasteiger partial charge in [0.1, 0.15) is 11.0 Å². The molecule has 1 aromatic heterocycles. The average molecular weight is 540 g/mol. The van der Waals surface area contributed by atoms with Gasteiger partial charge in [-0.05, 0) is 62.0 Å². The zero-order chi connectivity index (χ0) is 25.4. The molecule has 184 valence electrons. The van der Waals surface area contributed by atoms with Crippen LogP contribution < -0.4 is 4.90 Å². The van der Waals surface area contributed by atoms with Gasteiger partial charge in [-0.3, -0.25) is 14.5 Å². The monoisotopic (exact) mass is 539 g/mol. The van der Waals surface area contributed by atoms with Gasteiger partial charge in [0.05, 0.1) is 12.4 Å². The molecule has 0 bridgehead atoms. The third-order valence-electron chi connectivity index (χ3n) is 5.90. The Labute approximate surface area is 213 Å². The van der Waals surface area contributed by atoms with Crippen LogP contribution in [0.1, 0.15) is 19.5 Å². The highest BCUT2D eigenvalue weighted by Gasteiger charge is 2.50. The molecule has 0 spiro atoms. The molecule has 1 saturated heterocycles. The molecule has 35 heavy (non-hydrogen) atoms. The van der Waals surface area contributed by atoms with Crippen molar-refractivity contribution in [2.45, 2.75) is 42.4 Å². The van der Waals surface area contributed by atoms with E-state index in [1.807, 2.05) is 36.3 Å². The number of thioether (sulfide) groups is 1. The third-order valence-corrected chi connectivity index (χ3v) is 7.83. The largest absolute Gasteiger partial charge is 0.446 e. The van der Waals surface area contributed by atoms with Gasteiger partial charge in [-0.15, -0.1) is 11.3 Å². The molecule has 1 atom stereocenters. The highest BCUT2D eigenvalue weighted by molar-refractivity contribution is 8.00. The lowest BCUT2D eigenvalue weighted by Gasteiger charge is -2.33. The predicted octanol–water partition coefficient (Wildman–Crippen LogP) is 6.27. The number of aldehydes is 1. The molecule has 1 fully saturated rings. The lowest BCUT2D eigenvalue weighted by molar-refractivity contribution is -0.131. The van der Waals surface area contributed by atoms with Gasteiger partial charge in [0.15, 0.2) is 6.29 Å². The van der Waals surface area contributed by atoms with Crippen molar-refractivity contribution in [3.8, 4) is 10.6 Å². The molecular weight excluding hydrogens is 519 g/mol. The van der Waals surface area contributed by atoms with Crippen molar-refractivity contribution in [3.05, 3.63) is 64.6 Å². The Morgan fingerprint density at radius 3 is 2.46 bits per heavy atom. The first-order valence-corrected chi connectivity index (χ1v) is 12.6. The van der Waals surface area contributed by atoms with Crippen LogP contribution in [0.15, 0.2) is 58.8 Å². The molecule has 0 saturated carbocycles. The number of nitrogens with zero attached hydrogens (tertiary/aromatic N) is 3. The second-order valence-electron chi connectivity index (χ2n) is 8.58. The number of hydrogen-bond acceptors (Lipinski definition) is 7. The molecule has 0 N–H and O–H groups in total. The molecule has 1 unspecified atom stereocenters. The quantitative estimate of drug-likeness (QED) is 0.200. The maximum atomic E-state index is 12.7. The van der Waals surface area contributed by atoms with Crippen LogP contribution in [0.4, 0.5) is 18.9 Å². The lowest BCUT2D eigenvalue weighted by atomic mass is 9.90. The summed E-state index contributed by atoms with van der Waals surface area (Å²) in [4.78, 5) is 32.7. The van der Waals surface area contributed by atoms with E-state index in [1.165, 1.54) is 23.5 Å². The van der Waals surface area contributed by atoms with E-state index in [-0.39, 0.29) is 16.7 Å². The second kappa shape index (κ2) is 9.93. The number of anilines is 1. The Hall–Kier alpha value is -2.40. The average Bonchev–Trinajstić information content (AvgIpc) is 3.36. The molecule has 2 heterocycles. The van der Waals surface area contributed by atoms with E-state index >= 15 is 0 Å². The summed E-state index contributed by atoms with van der Waals surface area (Å²) in [6.07, 6.45) is 0.304. The first kappa shape index (κ1) is 25.7. The molecule has 5 nitrogen and oxygen atoms in total. The van der Waals surface area contributed by atoms with Gasteiger partial charge in [0.2, 0.25) is 5.78 Å². The maximum absolute atomic E-state index is 12.7. The van der Waals surface area contributed by atoms with E-state index < -0.39 is 22.9 Å². The van der Waals surface area contributed by atoms with Crippen LogP contribution in [-0.2, 0) is 16.1 Å². The molecular formula is C24H21ClF3N3O2S2. The molecule has 0 aliphatic carbocycles. The Morgan fingerprint density at radius 2 is 1.86 bits per heavy atom. The molecule has 11 heteroatoms. The summed E-state index contributed by atoms with van der Waals surface area (Å²) >= 11 is 7.26. The molecule has 4 rings (SSSR count). The molecule has 1 aliphatic rings. The number of ketones is 1. The van der Waals surface area contributed by atoms with Crippen molar-refractivity contribution in [2.75, 3.05) is 11.6 Å². The van der Waals surface area contributed by atoms with Crippen molar-refractivity contribution in [3.63, 3.8) is 0 Å². The minimum absolute atomic E-state index is 0.0482. The Bertz CT molecular complexity index is 1210. The summed E-state index contributed by atoms with van der Waals surface area (Å²) < 4.78 is 38.1. The van der Waals surface area contributed by atoms with E-state index in [2.05, 4.69) is 0 Å². The summed E-state index contributed by atoms with van der Waals surface area (Å²) in [7, 11) is 0. The summed E-state index contributed by atoms with van der Waals surface area (Å²) in [6, 6.07) is 12.4. The lowest BCUT2D eigenvalue weighted by Crippen LogP contribution is -2.51. The number of Topliss-reactive ketones (excluding diaryl/α,β-unsaturated/α-hetero) is 1. The maximum Gasteiger partial charge on any atom is 0.446 e. The summed E-state index contributed by atoms with van der Waals surface area (Å²) in [5, 5.41) is 3.42. The topological polar surface area (TPSA) is 53.5 Å². The zero-order valence-electron chi connectivity index (χ0n) is 18.8. The van der Waals surface area contributed by atoms with Crippen molar-refractivity contribution < 1.29 is 22.8 Å². The van der Waals surface area contributed by atoms with Crippen molar-refractivity contribution in [1.29, 1.82) is 0 Å². The molecule has 0 amide bonds. The number of halogens is 4. The number of benzene rings is 2. The number of thiazole rings is 1. The first-order chi connectivity index (χ1) is 16.5. The summed E-state index contributed by atoms with van der Waals surface area (Å²) in [5.41, 5.74) is -2.81. The van der Waals surface area contributed by atoms with Crippen LogP contribution in [0, 0.1) is 0 Å². The van der Waals surface area contributed by atoms with Gasteiger partial charge < -0.3 is 4.90 Å². The van der Waals surface area contributed by atoms with Crippen molar-refractivity contribution in [2.24, 2.45) is 0 Å². The molecule has 2 aromatic carbocycles. The highest BCUT2D eigenvalue weighted by Crippen LogP contribution is 2.40. The second-order valence-corrected chi connectivity index (χ2v) is 11.0. The Kier molecular flexibility index (Phi) is 7.28. The van der Waals surface area contributed by atoms with Gasteiger partial charge in [0, 0.05) is 38.6 Å². The van der Waals surface area contributed by atoms with Crippen molar-refractivity contribution in [1.82, 2.24) is 9.88 Å². The van der Waals surface area contributed by atoms with E-state index in [1.54, 1.807) is 29.2 Å². The van der Waals surface area contributed by atoms with E-state index in [0.717, 1.165) is 16.3 Å². The number of aromatic nitrogens is 1. The molecule has 0 radical (unpaired) electrons. The number of carbonyl (C=O) groups excluding carboxylic acids is 2. The van der Waals surface area contributed by atoms with Gasteiger partial charge in [-0.2, -0.15) is 13.2 Å². The van der Waals surface area contributed by atoms with Crippen LogP contribution in [0.5, 0.6) is 0 Å². The summed E-state index contributed by atoms with van der Waals surface area (Å²) in [5.74, 6) is -0.591. The van der Waals surface area contributed by atoms with Gasteiger partial charge in [0.25, 0.3) is 0 Å². The predicted molar refractivity (Wildman–Crippen MR) is 133 cm³/mol. The molecule has 1 aliphatic heterocycles. The smallest absolute Gasteiger partial charge is 0.346 e. The normalized spacial score (nSPS) is 18.1. The van der Waals surface area contributed by atoms with E-state index in [4.69, 9.17) is 16.6 Å². The van der Waals surface area contributed by atoms with Crippen LogP contribution in [0.3, 0.4) is 0 Å². The van der Waals surface area contributed by atoms with Crippen LogP contribution >= 0.6 is 34.7 Å². The number of carbonyl (C=O) groups is 2. The van der Waals surface area contributed by atoms with E-state index in [0.29, 0.717) is 30.2 Å². The first-order valence-electron chi connectivity index (χ1n) is 10.5. The summed E-state index contributed by atoms with van der Waals surface area (Å²) in [6.45, 7) is 4.48. The van der Waals surface area contributed by atoms with E-state index in [9.17, 15) is 22.8 Å². The minimum Gasteiger partial charge on any atom is -0.346 e.